The molecule has 1 aliphatic heterocycles. The molecule has 106 valence electrons. The Morgan fingerprint density at radius 3 is 2.79 bits per heavy atom. The lowest BCUT2D eigenvalue weighted by Gasteiger charge is -2.12. The van der Waals surface area contributed by atoms with Gasteiger partial charge in [-0.05, 0) is 36.5 Å². The van der Waals surface area contributed by atoms with Gasteiger partial charge in [0.1, 0.15) is 0 Å². The maximum Gasteiger partial charge on any atom is 0.242 e. The van der Waals surface area contributed by atoms with E-state index in [1.807, 2.05) is 17.1 Å². The zero-order valence-electron chi connectivity index (χ0n) is 10.6. The lowest BCUT2D eigenvalue weighted by molar-refractivity contribution is 0.561. The molecule has 0 spiro atoms. The summed E-state index contributed by atoms with van der Waals surface area (Å²) in [5.74, 6) is 1.94. The van der Waals surface area contributed by atoms with E-state index in [0.29, 0.717) is 17.5 Å². The van der Waals surface area contributed by atoms with Gasteiger partial charge in [0.25, 0.3) is 0 Å². The molecule has 0 amide bonds. The molecule has 3 rings (SSSR count). The molecular weight excluding hydrogens is 300 g/mol. The van der Waals surface area contributed by atoms with Crippen LogP contribution in [0.4, 0.5) is 0 Å². The SMILES string of the molecule is O=S(=O)(NC1CCSC1)c1ccsc1CNC1CC1. The monoisotopic (exact) mass is 318 g/mol. The van der Waals surface area contributed by atoms with Gasteiger partial charge >= 0.3 is 0 Å². The first-order valence-corrected chi connectivity index (χ1v) is 10.1. The first-order valence-electron chi connectivity index (χ1n) is 6.55. The van der Waals surface area contributed by atoms with E-state index in [2.05, 4.69) is 10.0 Å². The molecule has 0 aromatic carbocycles. The summed E-state index contributed by atoms with van der Waals surface area (Å²) in [6.07, 6.45) is 3.36. The van der Waals surface area contributed by atoms with Gasteiger partial charge in [0, 0.05) is 29.3 Å². The molecule has 2 aliphatic rings. The molecule has 0 radical (unpaired) electrons. The van der Waals surface area contributed by atoms with Crippen LogP contribution in [0.15, 0.2) is 16.3 Å². The van der Waals surface area contributed by atoms with Crippen LogP contribution in [0.5, 0.6) is 0 Å². The first-order chi connectivity index (χ1) is 9.15. The predicted molar refractivity (Wildman–Crippen MR) is 80.2 cm³/mol. The molecule has 1 aromatic rings. The minimum Gasteiger partial charge on any atom is -0.309 e. The van der Waals surface area contributed by atoms with Crippen LogP contribution in [-0.2, 0) is 16.6 Å². The molecule has 1 saturated carbocycles. The normalized spacial score (nSPS) is 23.9. The van der Waals surface area contributed by atoms with Crippen molar-refractivity contribution in [1.82, 2.24) is 10.0 Å². The Kier molecular flexibility index (Phi) is 4.19. The summed E-state index contributed by atoms with van der Waals surface area (Å²) in [5.41, 5.74) is 0. The predicted octanol–water partition coefficient (Wildman–Crippen LogP) is 1.78. The van der Waals surface area contributed by atoms with E-state index in [1.54, 1.807) is 6.07 Å². The molecule has 4 nitrogen and oxygen atoms in total. The molecule has 1 saturated heterocycles. The van der Waals surface area contributed by atoms with Crippen LogP contribution in [0, 0.1) is 0 Å². The Hall–Kier alpha value is -0.0800. The fraction of sp³-hybridized carbons (Fsp3) is 0.667. The highest BCUT2D eigenvalue weighted by Crippen LogP contribution is 2.26. The summed E-state index contributed by atoms with van der Waals surface area (Å²) in [6, 6.07) is 2.41. The van der Waals surface area contributed by atoms with E-state index in [1.165, 1.54) is 24.2 Å². The van der Waals surface area contributed by atoms with E-state index in [-0.39, 0.29) is 6.04 Å². The number of hydrogen-bond acceptors (Lipinski definition) is 5. The minimum absolute atomic E-state index is 0.0964. The van der Waals surface area contributed by atoms with E-state index in [0.717, 1.165) is 22.8 Å². The quantitative estimate of drug-likeness (QED) is 0.839. The number of sulfonamides is 1. The summed E-state index contributed by atoms with van der Waals surface area (Å²) in [6.45, 7) is 0.665. The van der Waals surface area contributed by atoms with Gasteiger partial charge in [0.2, 0.25) is 10.0 Å². The van der Waals surface area contributed by atoms with Crippen molar-refractivity contribution in [3.63, 3.8) is 0 Å². The Morgan fingerprint density at radius 2 is 2.11 bits per heavy atom. The third-order valence-corrected chi connectivity index (χ3v) is 7.19. The second-order valence-electron chi connectivity index (χ2n) is 5.05. The van der Waals surface area contributed by atoms with Crippen LogP contribution in [-0.4, -0.2) is 32.0 Å². The number of hydrogen-bond donors (Lipinski definition) is 2. The zero-order chi connectivity index (χ0) is 13.3. The number of rotatable bonds is 6. The minimum atomic E-state index is -3.35. The van der Waals surface area contributed by atoms with E-state index < -0.39 is 10.0 Å². The van der Waals surface area contributed by atoms with Crippen LogP contribution in [0.1, 0.15) is 24.1 Å². The lowest BCUT2D eigenvalue weighted by Crippen LogP contribution is -2.35. The fourth-order valence-corrected chi connectivity index (χ4v) is 6.05. The van der Waals surface area contributed by atoms with Crippen molar-refractivity contribution < 1.29 is 8.42 Å². The average Bonchev–Trinajstić information content (AvgIpc) is 2.87. The lowest BCUT2D eigenvalue weighted by atomic mass is 10.3. The largest absolute Gasteiger partial charge is 0.309 e. The maximum atomic E-state index is 12.4. The van der Waals surface area contributed by atoms with Gasteiger partial charge in [-0.3, -0.25) is 0 Å². The maximum absolute atomic E-state index is 12.4. The molecule has 0 bridgehead atoms. The van der Waals surface area contributed by atoms with Crippen LogP contribution in [0.2, 0.25) is 0 Å². The van der Waals surface area contributed by atoms with Gasteiger partial charge in [-0.25, -0.2) is 13.1 Å². The molecule has 2 fully saturated rings. The highest BCUT2D eigenvalue weighted by molar-refractivity contribution is 7.99. The summed E-state index contributed by atoms with van der Waals surface area (Å²) in [7, 11) is -3.35. The highest BCUT2D eigenvalue weighted by Gasteiger charge is 2.27. The molecule has 1 unspecified atom stereocenters. The molecule has 2 heterocycles. The van der Waals surface area contributed by atoms with Crippen molar-refractivity contribution in [2.75, 3.05) is 11.5 Å². The van der Waals surface area contributed by atoms with Gasteiger partial charge in [-0.15, -0.1) is 11.3 Å². The van der Waals surface area contributed by atoms with E-state index in [4.69, 9.17) is 0 Å². The van der Waals surface area contributed by atoms with Gasteiger partial charge < -0.3 is 5.32 Å². The topological polar surface area (TPSA) is 58.2 Å². The standard InChI is InChI=1S/C12H18N2O2S3/c15-19(16,14-10-3-5-17-8-10)12-4-6-18-11(12)7-13-9-1-2-9/h4,6,9-10,13-14H,1-3,5,7-8H2. The van der Waals surface area contributed by atoms with Crippen LogP contribution >= 0.6 is 23.1 Å². The van der Waals surface area contributed by atoms with Crippen LogP contribution < -0.4 is 10.0 Å². The Labute approximate surface area is 122 Å². The van der Waals surface area contributed by atoms with Gasteiger partial charge in [0.05, 0.1) is 4.90 Å². The average molecular weight is 318 g/mol. The van der Waals surface area contributed by atoms with E-state index >= 15 is 0 Å². The summed E-state index contributed by atoms with van der Waals surface area (Å²) in [5, 5.41) is 5.24. The third-order valence-electron chi connectivity index (χ3n) is 3.37. The third kappa shape index (κ3) is 3.52. The van der Waals surface area contributed by atoms with Crippen LogP contribution in [0.25, 0.3) is 0 Å². The van der Waals surface area contributed by atoms with Crippen LogP contribution in [0.3, 0.4) is 0 Å². The second kappa shape index (κ2) is 5.73. The van der Waals surface area contributed by atoms with Crippen molar-refractivity contribution in [3.05, 3.63) is 16.3 Å². The van der Waals surface area contributed by atoms with Gasteiger partial charge in [0.15, 0.2) is 0 Å². The number of thioether (sulfide) groups is 1. The highest BCUT2D eigenvalue weighted by atomic mass is 32.2. The van der Waals surface area contributed by atoms with Crippen molar-refractivity contribution in [3.8, 4) is 0 Å². The Bertz CT molecular complexity index is 531. The second-order valence-corrected chi connectivity index (χ2v) is 8.88. The van der Waals surface area contributed by atoms with E-state index in [9.17, 15) is 8.42 Å². The van der Waals surface area contributed by atoms with Crippen molar-refractivity contribution in [2.24, 2.45) is 0 Å². The molecule has 19 heavy (non-hydrogen) atoms. The van der Waals surface area contributed by atoms with Gasteiger partial charge in [-0.2, -0.15) is 11.8 Å². The van der Waals surface area contributed by atoms with Crippen molar-refractivity contribution in [2.45, 2.75) is 42.8 Å². The number of nitrogens with one attached hydrogen (secondary N) is 2. The Morgan fingerprint density at radius 1 is 1.26 bits per heavy atom. The molecule has 7 heteroatoms. The molecule has 1 aromatic heterocycles. The number of thiophene rings is 1. The fourth-order valence-electron chi connectivity index (χ4n) is 2.13. The zero-order valence-corrected chi connectivity index (χ0v) is 13.0. The summed E-state index contributed by atoms with van der Waals surface area (Å²) in [4.78, 5) is 1.38. The van der Waals surface area contributed by atoms with Gasteiger partial charge in [-0.1, -0.05) is 0 Å². The molecule has 1 atom stereocenters. The van der Waals surface area contributed by atoms with Crippen molar-refractivity contribution >= 4 is 33.1 Å². The molecule has 2 N–H and O–H groups in total. The summed E-state index contributed by atoms with van der Waals surface area (Å²) >= 11 is 3.33. The molecular formula is C12H18N2O2S3. The van der Waals surface area contributed by atoms with Crippen molar-refractivity contribution in [1.29, 1.82) is 0 Å². The smallest absolute Gasteiger partial charge is 0.242 e. The Balaban J connectivity index is 1.70. The molecule has 1 aliphatic carbocycles. The summed E-state index contributed by atoms with van der Waals surface area (Å²) < 4.78 is 27.6. The first kappa shape index (κ1) is 13.9.